The van der Waals surface area contributed by atoms with E-state index in [4.69, 9.17) is 16.3 Å². The largest absolute Gasteiger partial charge is 0.491 e. The van der Waals surface area contributed by atoms with Crippen LogP contribution in [0.1, 0.15) is 10.4 Å². The summed E-state index contributed by atoms with van der Waals surface area (Å²) < 4.78 is 7.43. The molecule has 0 unspecified atom stereocenters. The second-order valence-corrected chi connectivity index (χ2v) is 7.07. The Hall–Kier alpha value is -3.64. The molecule has 1 aromatic heterocycles. The number of ether oxygens (including phenoxy) is 1. The summed E-state index contributed by atoms with van der Waals surface area (Å²) in [4.78, 5) is 28.2. The Kier molecular flexibility index (Phi) is 5.50. The van der Waals surface area contributed by atoms with Gasteiger partial charge in [0.1, 0.15) is 12.4 Å². The lowest BCUT2D eigenvalue weighted by atomic mass is 10.0. The molecule has 1 heterocycles. The molecule has 0 aliphatic rings. The lowest BCUT2D eigenvalue weighted by Gasteiger charge is -2.13. The molecule has 0 atom stereocenters. The zero-order valence-electron chi connectivity index (χ0n) is 15.8. The minimum Gasteiger partial charge on any atom is -0.491 e. The van der Waals surface area contributed by atoms with Gasteiger partial charge in [0, 0.05) is 10.6 Å². The number of hydrogen-bond acceptors (Lipinski definition) is 4. The van der Waals surface area contributed by atoms with Gasteiger partial charge in [0.2, 0.25) is 0 Å². The quantitative estimate of drug-likeness (QED) is 0.497. The molecule has 1 N–H and O–H groups in total. The second-order valence-electron chi connectivity index (χ2n) is 6.64. The first-order chi connectivity index (χ1) is 14.5. The minimum absolute atomic E-state index is 0.130. The molecule has 0 bridgehead atoms. The topological polar surface area (TPSA) is 81.4 Å². The molecular weight excluding hydrogens is 404 g/mol. The van der Waals surface area contributed by atoms with Gasteiger partial charge in [0.25, 0.3) is 5.56 Å². The number of para-hydroxylation sites is 1. The number of aromatic carboxylic acids is 1. The van der Waals surface area contributed by atoms with E-state index in [0.717, 1.165) is 0 Å². The first kappa shape index (κ1) is 19.7. The summed E-state index contributed by atoms with van der Waals surface area (Å²) in [5, 5.41) is 10.3. The average molecular weight is 421 g/mol. The van der Waals surface area contributed by atoms with E-state index in [9.17, 15) is 14.7 Å². The number of carboxylic acids is 1. The normalized spacial score (nSPS) is 10.8. The van der Waals surface area contributed by atoms with Crippen LogP contribution in [0.15, 0.2) is 77.9 Å². The molecule has 4 aromatic rings. The highest BCUT2D eigenvalue weighted by molar-refractivity contribution is 6.31. The summed E-state index contributed by atoms with van der Waals surface area (Å²) in [5.74, 6) is -0.465. The van der Waals surface area contributed by atoms with Gasteiger partial charge in [0.05, 0.1) is 29.3 Å². The van der Waals surface area contributed by atoms with Gasteiger partial charge in [-0.25, -0.2) is 9.78 Å². The third kappa shape index (κ3) is 4.04. The van der Waals surface area contributed by atoms with E-state index in [1.54, 1.807) is 54.6 Å². The summed E-state index contributed by atoms with van der Waals surface area (Å²) in [7, 11) is 0. The third-order valence-corrected chi connectivity index (χ3v) is 4.92. The van der Waals surface area contributed by atoms with E-state index in [2.05, 4.69) is 4.98 Å². The number of fused-ring (bicyclic) bond motifs is 1. The molecule has 4 rings (SSSR count). The monoisotopic (exact) mass is 420 g/mol. The number of hydrogen-bond donors (Lipinski definition) is 1. The van der Waals surface area contributed by atoms with Crippen LogP contribution in [-0.4, -0.2) is 27.2 Å². The third-order valence-electron chi connectivity index (χ3n) is 4.68. The molecule has 0 amide bonds. The van der Waals surface area contributed by atoms with Crippen molar-refractivity contribution >= 4 is 28.5 Å². The number of halogens is 1. The number of nitrogens with zero attached hydrogens (tertiary/aromatic N) is 2. The minimum atomic E-state index is -1.01. The molecule has 0 saturated heterocycles. The zero-order chi connectivity index (χ0) is 21.1. The second kappa shape index (κ2) is 8.39. The first-order valence-corrected chi connectivity index (χ1v) is 9.61. The van der Waals surface area contributed by atoms with Gasteiger partial charge < -0.3 is 9.84 Å². The van der Waals surface area contributed by atoms with Crippen molar-refractivity contribution in [3.05, 3.63) is 94.0 Å². The Morgan fingerprint density at radius 2 is 1.90 bits per heavy atom. The molecule has 30 heavy (non-hydrogen) atoms. The number of carbonyl (C=O) groups is 1. The van der Waals surface area contributed by atoms with Gasteiger partial charge in [-0.2, -0.15) is 0 Å². The van der Waals surface area contributed by atoms with Crippen molar-refractivity contribution in [3.63, 3.8) is 0 Å². The van der Waals surface area contributed by atoms with Crippen LogP contribution in [0, 0.1) is 0 Å². The van der Waals surface area contributed by atoms with E-state index < -0.39 is 5.97 Å². The number of rotatable bonds is 6. The number of benzene rings is 3. The lowest BCUT2D eigenvalue weighted by Crippen LogP contribution is -2.23. The molecule has 0 aliphatic heterocycles. The van der Waals surface area contributed by atoms with Crippen molar-refractivity contribution in [3.8, 4) is 16.9 Å². The van der Waals surface area contributed by atoms with Crippen LogP contribution in [0.25, 0.3) is 22.0 Å². The summed E-state index contributed by atoms with van der Waals surface area (Å²) in [6.45, 7) is 0.543. The highest BCUT2D eigenvalue weighted by Crippen LogP contribution is 2.33. The molecular formula is C23H17ClN2O4. The van der Waals surface area contributed by atoms with Gasteiger partial charge in [-0.05, 0) is 48.0 Å². The lowest BCUT2D eigenvalue weighted by molar-refractivity contribution is 0.0697. The molecule has 0 fully saturated rings. The Morgan fingerprint density at radius 3 is 2.73 bits per heavy atom. The highest BCUT2D eigenvalue weighted by Gasteiger charge is 2.11. The summed E-state index contributed by atoms with van der Waals surface area (Å²) in [6.07, 6.45) is 1.51. The van der Waals surface area contributed by atoms with E-state index in [1.165, 1.54) is 17.0 Å². The van der Waals surface area contributed by atoms with Crippen molar-refractivity contribution < 1.29 is 14.6 Å². The molecule has 0 spiro atoms. The Labute approximate surface area is 177 Å². The maximum absolute atomic E-state index is 12.6. The van der Waals surface area contributed by atoms with E-state index in [0.29, 0.717) is 39.3 Å². The molecule has 3 aromatic carbocycles. The van der Waals surface area contributed by atoms with Crippen molar-refractivity contribution in [2.75, 3.05) is 6.61 Å². The van der Waals surface area contributed by atoms with Crippen LogP contribution < -0.4 is 10.3 Å². The molecule has 150 valence electrons. The fourth-order valence-electron chi connectivity index (χ4n) is 3.19. The maximum Gasteiger partial charge on any atom is 0.335 e. The van der Waals surface area contributed by atoms with Crippen LogP contribution in [0.3, 0.4) is 0 Å². The first-order valence-electron chi connectivity index (χ1n) is 9.23. The summed E-state index contributed by atoms with van der Waals surface area (Å²) in [5.41, 5.74) is 2.05. The Bertz CT molecular complexity index is 1300. The summed E-state index contributed by atoms with van der Waals surface area (Å²) >= 11 is 6.15. The SMILES string of the molecule is O=C(O)c1cccc(-c2cc(Cl)ccc2OCCn2cnc3ccccc3c2=O)c1. The van der Waals surface area contributed by atoms with Crippen molar-refractivity contribution in [2.24, 2.45) is 0 Å². The number of aromatic nitrogens is 2. The van der Waals surface area contributed by atoms with Crippen molar-refractivity contribution in [1.82, 2.24) is 9.55 Å². The fraction of sp³-hybridized carbons (Fsp3) is 0.0870. The van der Waals surface area contributed by atoms with Gasteiger partial charge >= 0.3 is 5.97 Å². The highest BCUT2D eigenvalue weighted by atomic mass is 35.5. The molecule has 0 aliphatic carbocycles. The predicted molar refractivity (Wildman–Crippen MR) is 115 cm³/mol. The van der Waals surface area contributed by atoms with E-state index >= 15 is 0 Å². The van der Waals surface area contributed by atoms with Crippen molar-refractivity contribution in [1.29, 1.82) is 0 Å². The molecule has 6 nitrogen and oxygen atoms in total. The van der Waals surface area contributed by atoms with Crippen LogP contribution >= 0.6 is 11.6 Å². The van der Waals surface area contributed by atoms with Crippen LogP contribution in [0.4, 0.5) is 0 Å². The van der Waals surface area contributed by atoms with E-state index in [1.807, 2.05) is 6.07 Å². The van der Waals surface area contributed by atoms with Gasteiger partial charge in [-0.1, -0.05) is 35.9 Å². The predicted octanol–water partition coefficient (Wildman–Crippen LogP) is 4.49. The average Bonchev–Trinajstić information content (AvgIpc) is 2.76. The molecule has 7 heteroatoms. The molecule has 0 radical (unpaired) electrons. The standard InChI is InChI=1S/C23H17ClN2O4/c24-17-8-9-21(19(13-17)15-4-3-5-16(12-15)23(28)29)30-11-10-26-14-25-20-7-2-1-6-18(20)22(26)27/h1-9,12-14H,10-11H2,(H,28,29). The van der Waals surface area contributed by atoms with Crippen LogP contribution in [-0.2, 0) is 6.54 Å². The van der Waals surface area contributed by atoms with Gasteiger partial charge in [0.15, 0.2) is 0 Å². The smallest absolute Gasteiger partial charge is 0.335 e. The van der Waals surface area contributed by atoms with Gasteiger partial charge in [-0.3, -0.25) is 9.36 Å². The maximum atomic E-state index is 12.6. The van der Waals surface area contributed by atoms with Crippen LogP contribution in [0.2, 0.25) is 5.02 Å². The van der Waals surface area contributed by atoms with E-state index in [-0.39, 0.29) is 17.7 Å². The van der Waals surface area contributed by atoms with Crippen LogP contribution in [0.5, 0.6) is 5.75 Å². The zero-order valence-corrected chi connectivity index (χ0v) is 16.5. The fourth-order valence-corrected chi connectivity index (χ4v) is 3.36. The Balaban J connectivity index is 1.58. The Morgan fingerprint density at radius 1 is 1.07 bits per heavy atom. The molecule has 0 saturated carbocycles. The van der Waals surface area contributed by atoms with Crippen molar-refractivity contribution in [2.45, 2.75) is 6.54 Å². The number of carboxylic acid groups (broad SMARTS) is 1. The summed E-state index contributed by atoms with van der Waals surface area (Å²) in [6, 6.07) is 18.9. The van der Waals surface area contributed by atoms with Gasteiger partial charge in [-0.15, -0.1) is 0 Å².